The zero-order valence-electron chi connectivity index (χ0n) is 18.9. The monoisotopic (exact) mass is 501 g/mol. The van der Waals surface area contributed by atoms with Gasteiger partial charge >= 0.3 is 11.9 Å². The number of carbonyl (C=O) groups excluding carboxylic acids is 3. The van der Waals surface area contributed by atoms with Crippen LogP contribution in [0.25, 0.3) is 11.2 Å². The summed E-state index contributed by atoms with van der Waals surface area (Å²) in [5.41, 5.74) is 0.229. The van der Waals surface area contributed by atoms with E-state index in [4.69, 9.17) is 23.1 Å². The third kappa shape index (κ3) is 5.57. The molecule has 1 N–H and O–H groups in total. The molecule has 3 heterocycles. The van der Waals surface area contributed by atoms with Crippen LogP contribution >= 0.6 is 0 Å². The normalized spacial score (nSPS) is 23.1. The van der Waals surface area contributed by atoms with Crippen molar-refractivity contribution in [1.82, 2.24) is 19.5 Å². The highest BCUT2D eigenvalue weighted by Crippen LogP contribution is 2.37. The van der Waals surface area contributed by atoms with Gasteiger partial charge in [0.15, 0.2) is 18.0 Å². The maximum absolute atomic E-state index is 12.0. The highest BCUT2D eigenvalue weighted by molar-refractivity contribution is 7.86. The summed E-state index contributed by atoms with van der Waals surface area (Å²) >= 11 is 0. The highest BCUT2D eigenvalue weighted by Gasteiger charge is 2.52. The van der Waals surface area contributed by atoms with E-state index in [0.717, 1.165) is 20.1 Å². The molecule has 2 aromatic heterocycles. The van der Waals surface area contributed by atoms with Gasteiger partial charge < -0.3 is 23.9 Å². The summed E-state index contributed by atoms with van der Waals surface area (Å²) in [7, 11) is -2.77. The fourth-order valence-corrected chi connectivity index (χ4v) is 4.06. The van der Waals surface area contributed by atoms with Gasteiger partial charge in [0.2, 0.25) is 17.4 Å². The Morgan fingerprint density at radius 2 is 1.91 bits per heavy atom. The summed E-state index contributed by atoms with van der Waals surface area (Å²) in [5.74, 6) is -2.03. The van der Waals surface area contributed by atoms with Gasteiger partial charge in [0, 0.05) is 20.8 Å². The van der Waals surface area contributed by atoms with Crippen LogP contribution in [0.15, 0.2) is 11.3 Å². The molecule has 4 atom stereocenters. The van der Waals surface area contributed by atoms with Gasteiger partial charge in [0.25, 0.3) is 10.1 Å². The number of esters is 2. The van der Waals surface area contributed by atoms with E-state index < -0.39 is 59.1 Å². The van der Waals surface area contributed by atoms with Crippen molar-refractivity contribution in [1.29, 1.82) is 0 Å². The predicted octanol–water partition coefficient (Wildman–Crippen LogP) is -1.05. The molecule has 0 unspecified atom stereocenters. The predicted molar refractivity (Wildman–Crippen MR) is 110 cm³/mol. The minimum atomic E-state index is -4.09. The summed E-state index contributed by atoms with van der Waals surface area (Å²) in [6, 6.07) is 0. The van der Waals surface area contributed by atoms with Crippen LogP contribution < -0.4 is 10.4 Å². The molecule has 0 aromatic carbocycles. The van der Waals surface area contributed by atoms with Crippen LogP contribution in [0.3, 0.4) is 0 Å². The highest BCUT2D eigenvalue weighted by atomic mass is 32.2. The molecule has 0 aliphatic carbocycles. The first-order valence-corrected chi connectivity index (χ1v) is 11.6. The average molecular weight is 501 g/mol. The number of nitrogens with one attached hydrogen (secondary N) is 1. The second-order valence-electron chi connectivity index (χ2n) is 7.23. The van der Waals surface area contributed by atoms with Gasteiger partial charge in [-0.1, -0.05) is 0 Å². The Balaban J connectivity index is 2.25. The number of imidazole rings is 1. The van der Waals surface area contributed by atoms with Crippen molar-refractivity contribution in [3.63, 3.8) is 0 Å². The quantitative estimate of drug-likeness (QED) is 0.358. The van der Waals surface area contributed by atoms with E-state index >= 15 is 0 Å². The molecule has 3 rings (SSSR count). The summed E-state index contributed by atoms with van der Waals surface area (Å²) in [5, 5.41) is 0. The molecule has 1 amide bonds. The van der Waals surface area contributed by atoms with Crippen molar-refractivity contribution in [3.05, 3.63) is 11.9 Å². The SMILES string of the molecule is COc1c2[nH]cnc2nc(=NC(C)=O)n1[C@@H]1O[C@H](COC(C)=O)[C@H](OS(C)(=O)=O)[C@H]1OC(C)=O. The minimum absolute atomic E-state index is 0.0379. The van der Waals surface area contributed by atoms with Crippen LogP contribution in [-0.4, -0.2) is 84.1 Å². The molecular formula is C18H23N5O10S. The van der Waals surface area contributed by atoms with Crippen molar-refractivity contribution in [3.8, 4) is 5.88 Å². The van der Waals surface area contributed by atoms with Crippen LogP contribution in [-0.2, 0) is 42.9 Å². The first kappa shape index (κ1) is 25.3. The summed E-state index contributed by atoms with van der Waals surface area (Å²) in [6.45, 7) is 3.02. The lowest BCUT2D eigenvalue weighted by molar-refractivity contribution is -0.155. The molecule has 1 fully saturated rings. The molecule has 15 nitrogen and oxygen atoms in total. The summed E-state index contributed by atoms with van der Waals surface area (Å²) < 4.78 is 52.1. The fraction of sp³-hybridized carbons (Fsp3) is 0.556. The lowest BCUT2D eigenvalue weighted by atomic mass is 10.1. The zero-order chi connectivity index (χ0) is 25.2. The third-order valence-electron chi connectivity index (χ3n) is 4.50. The van der Waals surface area contributed by atoms with Crippen molar-refractivity contribution < 1.29 is 45.9 Å². The van der Waals surface area contributed by atoms with Crippen molar-refractivity contribution in [2.75, 3.05) is 20.0 Å². The zero-order valence-corrected chi connectivity index (χ0v) is 19.7. The second kappa shape index (κ2) is 9.86. The van der Waals surface area contributed by atoms with Gasteiger partial charge in [-0.05, 0) is 0 Å². The van der Waals surface area contributed by atoms with Gasteiger partial charge in [-0.2, -0.15) is 18.4 Å². The number of amides is 1. The first-order chi connectivity index (χ1) is 15.9. The molecule has 16 heteroatoms. The fourth-order valence-electron chi connectivity index (χ4n) is 3.42. The van der Waals surface area contributed by atoms with Gasteiger partial charge in [-0.3, -0.25) is 18.6 Å². The van der Waals surface area contributed by atoms with Gasteiger partial charge in [0.1, 0.15) is 24.3 Å². The Morgan fingerprint density at radius 1 is 1.21 bits per heavy atom. The number of aromatic nitrogens is 4. The topological polar surface area (TPSA) is 190 Å². The van der Waals surface area contributed by atoms with Crippen molar-refractivity contribution in [2.45, 2.75) is 45.3 Å². The number of methoxy groups -OCH3 is 1. The smallest absolute Gasteiger partial charge is 0.303 e. The Morgan fingerprint density at radius 3 is 2.47 bits per heavy atom. The number of rotatable bonds is 7. The number of hydrogen-bond donors (Lipinski definition) is 1. The van der Waals surface area contributed by atoms with E-state index in [-0.39, 0.29) is 17.1 Å². The van der Waals surface area contributed by atoms with Gasteiger partial charge in [0.05, 0.1) is 19.7 Å². The number of nitrogens with zero attached hydrogens (tertiary/aromatic N) is 4. The van der Waals surface area contributed by atoms with E-state index in [0.29, 0.717) is 5.52 Å². The molecule has 1 saturated heterocycles. The number of hydrogen-bond acceptors (Lipinski definition) is 12. The van der Waals surface area contributed by atoms with E-state index in [9.17, 15) is 22.8 Å². The van der Waals surface area contributed by atoms with Gasteiger partial charge in [-0.25, -0.2) is 9.55 Å². The molecule has 186 valence electrons. The van der Waals surface area contributed by atoms with Crippen LogP contribution in [0, 0.1) is 0 Å². The standard InChI is InChI=1S/C18H23N5O10S/c1-8(24)21-18-22-15-12(19-7-20-15)16(29-4)23(18)17-14(31-10(3)26)13(33-34(5,27)28)11(32-17)6-30-9(2)25/h7,11,13-14,17H,6H2,1-5H3,(H,19,20,21,22,24)/t11-,13+,14-,17-/m1/s1. The lowest BCUT2D eigenvalue weighted by Gasteiger charge is -2.25. The number of carbonyl (C=O) groups is 3. The Labute approximate surface area is 193 Å². The first-order valence-electron chi connectivity index (χ1n) is 9.80. The largest absolute Gasteiger partial charge is 0.480 e. The number of fused-ring (bicyclic) bond motifs is 1. The van der Waals surface area contributed by atoms with Crippen LogP contribution in [0.1, 0.15) is 27.0 Å². The molecular weight excluding hydrogens is 478 g/mol. The number of ether oxygens (including phenoxy) is 4. The van der Waals surface area contributed by atoms with Crippen molar-refractivity contribution in [2.24, 2.45) is 4.99 Å². The lowest BCUT2D eigenvalue weighted by Crippen LogP contribution is -2.42. The number of aromatic amines is 1. The third-order valence-corrected chi connectivity index (χ3v) is 5.07. The Bertz CT molecular complexity index is 1280. The molecule has 2 aromatic rings. The molecule has 1 aliphatic heterocycles. The Kier molecular flexibility index (Phi) is 7.32. The molecule has 1 aliphatic rings. The van der Waals surface area contributed by atoms with E-state index in [1.807, 2.05) is 0 Å². The summed E-state index contributed by atoms with van der Waals surface area (Å²) in [6.07, 6.45) is -3.26. The van der Waals surface area contributed by atoms with Crippen LogP contribution in [0.5, 0.6) is 5.88 Å². The minimum Gasteiger partial charge on any atom is -0.480 e. The van der Waals surface area contributed by atoms with Crippen LogP contribution in [0.2, 0.25) is 0 Å². The molecule has 34 heavy (non-hydrogen) atoms. The van der Waals surface area contributed by atoms with Crippen molar-refractivity contribution >= 4 is 39.1 Å². The average Bonchev–Trinajstić information content (AvgIpc) is 3.28. The van der Waals surface area contributed by atoms with E-state index in [2.05, 4.69) is 19.9 Å². The molecule has 0 saturated carbocycles. The molecule has 0 bridgehead atoms. The maximum atomic E-state index is 12.0. The Hall–Kier alpha value is -3.37. The van der Waals surface area contributed by atoms with E-state index in [1.165, 1.54) is 24.9 Å². The van der Waals surface area contributed by atoms with Gasteiger partial charge in [-0.15, -0.1) is 0 Å². The maximum Gasteiger partial charge on any atom is 0.303 e. The second-order valence-corrected chi connectivity index (χ2v) is 8.83. The summed E-state index contributed by atoms with van der Waals surface area (Å²) in [4.78, 5) is 50.1. The van der Waals surface area contributed by atoms with Crippen LogP contribution in [0.4, 0.5) is 0 Å². The molecule has 0 spiro atoms. The number of H-pyrrole nitrogens is 1. The van der Waals surface area contributed by atoms with E-state index in [1.54, 1.807) is 0 Å². The molecule has 0 radical (unpaired) electrons.